The Hall–Kier alpha value is -1.62. The molecule has 0 saturated carbocycles. The predicted octanol–water partition coefficient (Wildman–Crippen LogP) is 3.35. The highest BCUT2D eigenvalue weighted by molar-refractivity contribution is 5.55. The Balaban J connectivity index is 2.16. The number of aliphatic hydroxyl groups is 1. The maximum absolute atomic E-state index is 10.9. The fraction of sp³-hybridized carbons (Fsp3) is 0.625. The van der Waals surface area contributed by atoms with Crippen molar-refractivity contribution in [1.82, 2.24) is 0 Å². The van der Waals surface area contributed by atoms with E-state index in [-0.39, 0.29) is 12.3 Å². The average molecular weight is 292 g/mol. The number of benzene rings is 1. The molecule has 1 saturated heterocycles. The van der Waals surface area contributed by atoms with E-state index >= 15 is 0 Å². The molecule has 5 nitrogen and oxygen atoms in total. The van der Waals surface area contributed by atoms with Gasteiger partial charge in [0.05, 0.1) is 17.1 Å². The van der Waals surface area contributed by atoms with Crippen LogP contribution < -0.4 is 4.90 Å². The number of nitro benzene ring substituents is 1. The molecule has 1 aromatic rings. The summed E-state index contributed by atoms with van der Waals surface area (Å²) < 4.78 is 0. The van der Waals surface area contributed by atoms with Crippen LogP contribution in [-0.2, 0) is 6.61 Å². The highest BCUT2D eigenvalue weighted by Crippen LogP contribution is 2.30. The minimum absolute atomic E-state index is 0.00358. The summed E-state index contributed by atoms with van der Waals surface area (Å²) >= 11 is 0. The van der Waals surface area contributed by atoms with Crippen molar-refractivity contribution < 1.29 is 10.0 Å². The lowest BCUT2D eigenvalue weighted by molar-refractivity contribution is -0.385. The van der Waals surface area contributed by atoms with E-state index in [1.165, 1.54) is 12.5 Å². The predicted molar refractivity (Wildman–Crippen MR) is 83.4 cm³/mol. The second-order valence-electron chi connectivity index (χ2n) is 6.15. The maximum atomic E-state index is 10.9. The van der Waals surface area contributed by atoms with Gasteiger partial charge in [0.25, 0.3) is 5.69 Å². The van der Waals surface area contributed by atoms with Crippen LogP contribution in [0.3, 0.4) is 0 Å². The third-order valence-electron chi connectivity index (χ3n) is 4.51. The summed E-state index contributed by atoms with van der Waals surface area (Å²) in [5, 5.41) is 20.3. The molecule has 5 heteroatoms. The highest BCUT2D eigenvalue weighted by atomic mass is 16.6. The SMILES string of the molecule is CC(C)C1CCCN(c2ccc([N+](=O)[O-])c(CO)c2)CC1. The van der Waals surface area contributed by atoms with Gasteiger partial charge in [-0.3, -0.25) is 10.1 Å². The lowest BCUT2D eigenvalue weighted by Gasteiger charge is -2.24. The average Bonchev–Trinajstić information content (AvgIpc) is 2.72. The first-order chi connectivity index (χ1) is 10.0. The van der Waals surface area contributed by atoms with E-state index in [9.17, 15) is 15.2 Å². The van der Waals surface area contributed by atoms with Crippen LogP contribution in [0.2, 0.25) is 0 Å². The van der Waals surface area contributed by atoms with E-state index in [2.05, 4.69) is 18.7 Å². The van der Waals surface area contributed by atoms with Gasteiger partial charge in [-0.1, -0.05) is 13.8 Å². The van der Waals surface area contributed by atoms with Gasteiger partial charge in [-0.2, -0.15) is 0 Å². The van der Waals surface area contributed by atoms with Crippen LogP contribution in [0.15, 0.2) is 18.2 Å². The van der Waals surface area contributed by atoms with Gasteiger partial charge in [0.1, 0.15) is 0 Å². The molecule has 0 amide bonds. The number of hydrogen-bond acceptors (Lipinski definition) is 4. The smallest absolute Gasteiger partial charge is 0.275 e. The molecule has 1 unspecified atom stereocenters. The Morgan fingerprint density at radius 3 is 2.76 bits per heavy atom. The van der Waals surface area contributed by atoms with E-state index in [0.717, 1.165) is 37.5 Å². The van der Waals surface area contributed by atoms with Crippen LogP contribution in [0.4, 0.5) is 11.4 Å². The quantitative estimate of drug-likeness (QED) is 0.682. The summed E-state index contributed by atoms with van der Waals surface area (Å²) in [6.45, 7) is 6.20. The van der Waals surface area contributed by atoms with Crippen molar-refractivity contribution in [2.75, 3.05) is 18.0 Å². The summed E-state index contributed by atoms with van der Waals surface area (Å²) in [5.41, 5.74) is 1.37. The first-order valence-electron chi connectivity index (χ1n) is 7.66. The molecule has 21 heavy (non-hydrogen) atoms. The number of nitrogens with zero attached hydrogens (tertiary/aromatic N) is 2. The zero-order chi connectivity index (χ0) is 15.4. The summed E-state index contributed by atoms with van der Waals surface area (Å²) in [6.07, 6.45) is 3.55. The van der Waals surface area contributed by atoms with E-state index < -0.39 is 4.92 Å². The van der Waals surface area contributed by atoms with Gasteiger partial charge >= 0.3 is 0 Å². The molecule has 1 heterocycles. The molecule has 0 spiro atoms. The monoisotopic (exact) mass is 292 g/mol. The van der Waals surface area contributed by atoms with Gasteiger partial charge in [-0.05, 0) is 43.2 Å². The van der Waals surface area contributed by atoms with Gasteiger partial charge in [0, 0.05) is 24.8 Å². The van der Waals surface area contributed by atoms with E-state index in [4.69, 9.17) is 0 Å². The molecular weight excluding hydrogens is 268 g/mol. The van der Waals surface area contributed by atoms with Crippen molar-refractivity contribution in [3.63, 3.8) is 0 Å². The fourth-order valence-corrected chi connectivity index (χ4v) is 3.12. The zero-order valence-corrected chi connectivity index (χ0v) is 12.8. The highest BCUT2D eigenvalue weighted by Gasteiger charge is 2.21. The molecule has 0 aromatic heterocycles. The molecule has 1 aliphatic heterocycles. The first-order valence-corrected chi connectivity index (χ1v) is 7.66. The molecule has 1 aliphatic rings. The minimum Gasteiger partial charge on any atom is -0.391 e. The zero-order valence-electron chi connectivity index (χ0n) is 12.8. The summed E-state index contributed by atoms with van der Waals surface area (Å²) in [5.74, 6) is 1.46. The molecule has 1 atom stereocenters. The topological polar surface area (TPSA) is 66.6 Å². The molecule has 0 bridgehead atoms. The van der Waals surface area contributed by atoms with Crippen LogP contribution in [0.5, 0.6) is 0 Å². The summed E-state index contributed by atoms with van der Waals surface area (Å²) in [7, 11) is 0. The summed E-state index contributed by atoms with van der Waals surface area (Å²) in [4.78, 5) is 12.8. The molecule has 116 valence electrons. The Morgan fingerprint density at radius 2 is 2.14 bits per heavy atom. The van der Waals surface area contributed by atoms with Gasteiger partial charge in [-0.25, -0.2) is 0 Å². The van der Waals surface area contributed by atoms with Crippen molar-refractivity contribution in [3.05, 3.63) is 33.9 Å². The molecule has 0 aliphatic carbocycles. The van der Waals surface area contributed by atoms with E-state index in [1.54, 1.807) is 12.1 Å². The van der Waals surface area contributed by atoms with Crippen molar-refractivity contribution in [3.8, 4) is 0 Å². The Kier molecular flexibility index (Phi) is 5.17. The molecule has 2 rings (SSSR count). The standard InChI is InChI=1S/C16H24N2O3/c1-12(2)13-4-3-8-17(9-7-13)15-5-6-16(18(20)21)14(10-15)11-19/h5-6,10,12-13,19H,3-4,7-9,11H2,1-2H3. The molecule has 0 radical (unpaired) electrons. The van der Waals surface area contributed by atoms with Gasteiger partial charge < -0.3 is 10.0 Å². The maximum Gasteiger partial charge on any atom is 0.275 e. The number of hydrogen-bond donors (Lipinski definition) is 1. The van der Waals surface area contributed by atoms with Crippen molar-refractivity contribution in [2.45, 2.75) is 39.7 Å². The molecule has 1 fully saturated rings. The lowest BCUT2D eigenvalue weighted by Crippen LogP contribution is -2.24. The van der Waals surface area contributed by atoms with Crippen LogP contribution in [0.1, 0.15) is 38.7 Å². The Labute approximate surface area is 125 Å². The van der Waals surface area contributed by atoms with Crippen LogP contribution in [-0.4, -0.2) is 23.1 Å². The Morgan fingerprint density at radius 1 is 1.38 bits per heavy atom. The second kappa shape index (κ2) is 6.89. The second-order valence-corrected chi connectivity index (χ2v) is 6.15. The number of rotatable bonds is 4. The normalized spacial score (nSPS) is 19.6. The van der Waals surface area contributed by atoms with Crippen LogP contribution in [0, 0.1) is 22.0 Å². The van der Waals surface area contributed by atoms with Crippen molar-refractivity contribution in [1.29, 1.82) is 0 Å². The largest absolute Gasteiger partial charge is 0.391 e. The molecular formula is C16H24N2O3. The molecule has 1 aromatic carbocycles. The number of anilines is 1. The molecule has 1 N–H and O–H groups in total. The van der Waals surface area contributed by atoms with E-state index in [1.807, 2.05) is 0 Å². The first kappa shape index (κ1) is 15.8. The Bertz CT molecular complexity index is 502. The third kappa shape index (κ3) is 3.73. The minimum atomic E-state index is -0.438. The van der Waals surface area contributed by atoms with Gasteiger partial charge in [-0.15, -0.1) is 0 Å². The van der Waals surface area contributed by atoms with Gasteiger partial charge in [0.2, 0.25) is 0 Å². The van der Waals surface area contributed by atoms with Crippen LogP contribution >= 0.6 is 0 Å². The lowest BCUT2D eigenvalue weighted by atomic mass is 9.89. The summed E-state index contributed by atoms with van der Waals surface area (Å²) in [6, 6.07) is 5.06. The van der Waals surface area contributed by atoms with Crippen LogP contribution in [0.25, 0.3) is 0 Å². The number of aliphatic hydroxyl groups excluding tert-OH is 1. The third-order valence-corrected chi connectivity index (χ3v) is 4.51. The van der Waals surface area contributed by atoms with E-state index in [0.29, 0.717) is 11.5 Å². The van der Waals surface area contributed by atoms with Gasteiger partial charge in [0.15, 0.2) is 0 Å². The fourth-order valence-electron chi connectivity index (χ4n) is 3.12. The van der Waals surface area contributed by atoms with Crippen molar-refractivity contribution in [2.24, 2.45) is 11.8 Å². The van der Waals surface area contributed by atoms with Crippen molar-refractivity contribution >= 4 is 11.4 Å². The number of nitro groups is 1.